The Balaban J connectivity index is 1.67. The van der Waals surface area contributed by atoms with Crippen molar-refractivity contribution < 1.29 is 23.9 Å². The number of hydrogen-bond donors (Lipinski definition) is 2. The summed E-state index contributed by atoms with van der Waals surface area (Å²) in [5, 5.41) is 9.65. The van der Waals surface area contributed by atoms with Gasteiger partial charge in [0.05, 0.1) is 11.3 Å². The Kier molecular flexibility index (Phi) is 6.03. The number of nitrogens with one attached hydrogen (secondary N) is 1. The Hall–Kier alpha value is -3.53. The summed E-state index contributed by atoms with van der Waals surface area (Å²) in [4.78, 5) is 48.2. The molecule has 1 aliphatic rings. The molecule has 0 bridgehead atoms. The van der Waals surface area contributed by atoms with Gasteiger partial charge in [-0.15, -0.1) is 11.3 Å². The van der Waals surface area contributed by atoms with Crippen LogP contribution in [0, 0.1) is 0 Å². The standard InChI is InChI=1S/C19H18N4O5S/c1-11(17(26)21-18-13(16(20)25)9-10-29-18)28-19(27)14-7-8-15(24)23(22-14)12-5-3-2-4-6-12/h2-6,9-11H,7-8H2,1H3,(H2,20,25)(H,21,26). The van der Waals surface area contributed by atoms with Crippen LogP contribution in [0.15, 0.2) is 46.9 Å². The Morgan fingerprint density at radius 2 is 1.93 bits per heavy atom. The summed E-state index contributed by atoms with van der Waals surface area (Å²) in [6, 6.07) is 10.2. The SMILES string of the molecule is CC(OC(=O)C1=NN(c2ccccc2)C(=O)CC1)C(=O)Nc1sccc1C(N)=O. The predicted octanol–water partition coefficient (Wildman–Crippen LogP) is 1.90. The number of carbonyl (C=O) groups is 4. The van der Waals surface area contributed by atoms with Gasteiger partial charge in [0.15, 0.2) is 6.10 Å². The number of thiophene rings is 1. The molecule has 150 valence electrons. The number of hydrazone groups is 1. The molecule has 2 aromatic rings. The molecule has 1 unspecified atom stereocenters. The number of primary amides is 1. The van der Waals surface area contributed by atoms with Crippen LogP contribution in [0.1, 0.15) is 30.1 Å². The molecule has 0 aliphatic carbocycles. The van der Waals surface area contributed by atoms with Gasteiger partial charge in [0.1, 0.15) is 10.7 Å². The average molecular weight is 414 g/mol. The smallest absolute Gasteiger partial charge is 0.355 e. The number of benzene rings is 1. The van der Waals surface area contributed by atoms with E-state index >= 15 is 0 Å². The molecular formula is C19H18N4O5S. The third-order valence-electron chi connectivity index (χ3n) is 4.09. The van der Waals surface area contributed by atoms with Crippen LogP contribution in [-0.2, 0) is 19.1 Å². The van der Waals surface area contributed by atoms with Crippen LogP contribution in [0.25, 0.3) is 0 Å². The predicted molar refractivity (Wildman–Crippen MR) is 108 cm³/mol. The summed E-state index contributed by atoms with van der Waals surface area (Å²) in [6.07, 6.45) is -0.928. The van der Waals surface area contributed by atoms with Crippen LogP contribution in [-0.4, -0.2) is 35.5 Å². The number of anilines is 2. The molecule has 29 heavy (non-hydrogen) atoms. The van der Waals surface area contributed by atoms with Gasteiger partial charge in [-0.25, -0.2) is 9.80 Å². The third kappa shape index (κ3) is 4.66. The molecule has 1 aliphatic heterocycles. The number of rotatable bonds is 6. The van der Waals surface area contributed by atoms with Crippen molar-refractivity contribution in [1.29, 1.82) is 0 Å². The van der Waals surface area contributed by atoms with Crippen molar-refractivity contribution in [2.24, 2.45) is 10.8 Å². The van der Waals surface area contributed by atoms with Crippen molar-refractivity contribution in [2.45, 2.75) is 25.9 Å². The molecule has 0 saturated heterocycles. The van der Waals surface area contributed by atoms with Gasteiger partial charge in [0.2, 0.25) is 5.91 Å². The van der Waals surface area contributed by atoms with E-state index in [0.717, 1.165) is 16.3 Å². The average Bonchev–Trinajstić information content (AvgIpc) is 3.17. The van der Waals surface area contributed by atoms with E-state index in [2.05, 4.69) is 10.4 Å². The molecule has 0 spiro atoms. The maximum Gasteiger partial charge on any atom is 0.355 e. The molecule has 3 N–H and O–H groups in total. The Bertz CT molecular complexity index is 985. The topological polar surface area (TPSA) is 131 Å². The molecule has 1 atom stereocenters. The third-order valence-corrected chi connectivity index (χ3v) is 4.92. The van der Waals surface area contributed by atoms with Crippen LogP contribution >= 0.6 is 11.3 Å². The first kappa shape index (κ1) is 20.2. The lowest BCUT2D eigenvalue weighted by molar-refractivity contribution is -0.146. The normalized spacial score (nSPS) is 14.7. The minimum atomic E-state index is -1.14. The van der Waals surface area contributed by atoms with Crippen LogP contribution in [0.2, 0.25) is 0 Å². The molecule has 9 nitrogen and oxygen atoms in total. The molecule has 1 aromatic carbocycles. The van der Waals surface area contributed by atoms with Crippen LogP contribution in [0.5, 0.6) is 0 Å². The van der Waals surface area contributed by atoms with Crippen LogP contribution in [0.4, 0.5) is 10.7 Å². The number of ether oxygens (including phenoxy) is 1. The zero-order valence-corrected chi connectivity index (χ0v) is 16.3. The fourth-order valence-corrected chi connectivity index (χ4v) is 3.36. The Morgan fingerprint density at radius 1 is 1.21 bits per heavy atom. The highest BCUT2D eigenvalue weighted by molar-refractivity contribution is 7.14. The van der Waals surface area contributed by atoms with E-state index in [1.54, 1.807) is 35.7 Å². The molecule has 0 fully saturated rings. The van der Waals surface area contributed by atoms with E-state index in [-0.39, 0.29) is 35.0 Å². The van der Waals surface area contributed by atoms with E-state index in [4.69, 9.17) is 10.5 Å². The minimum Gasteiger partial charge on any atom is -0.448 e. The second-order valence-electron chi connectivity index (χ2n) is 6.15. The van der Waals surface area contributed by atoms with Gasteiger partial charge in [-0.3, -0.25) is 14.4 Å². The van der Waals surface area contributed by atoms with Gasteiger partial charge in [0.25, 0.3) is 11.8 Å². The second-order valence-corrected chi connectivity index (χ2v) is 7.07. The molecule has 3 amide bonds. The zero-order chi connectivity index (χ0) is 21.0. The summed E-state index contributed by atoms with van der Waals surface area (Å²) in [7, 11) is 0. The van der Waals surface area contributed by atoms with E-state index in [9.17, 15) is 19.2 Å². The quantitative estimate of drug-likeness (QED) is 0.697. The number of carbonyl (C=O) groups excluding carboxylic acids is 4. The number of para-hydroxylation sites is 1. The van der Waals surface area contributed by atoms with Crippen molar-refractivity contribution >= 4 is 51.4 Å². The summed E-state index contributed by atoms with van der Waals surface area (Å²) < 4.78 is 5.19. The number of amides is 3. The Labute approximate surface area is 170 Å². The van der Waals surface area contributed by atoms with Gasteiger partial charge in [0, 0.05) is 12.8 Å². The second kappa shape index (κ2) is 8.65. The zero-order valence-electron chi connectivity index (χ0n) is 15.5. The molecular weight excluding hydrogens is 396 g/mol. The first-order valence-electron chi connectivity index (χ1n) is 8.71. The molecule has 10 heteroatoms. The maximum atomic E-state index is 12.4. The highest BCUT2D eigenvalue weighted by Crippen LogP contribution is 2.23. The highest BCUT2D eigenvalue weighted by atomic mass is 32.1. The lowest BCUT2D eigenvalue weighted by Gasteiger charge is -2.23. The Morgan fingerprint density at radius 3 is 2.62 bits per heavy atom. The van der Waals surface area contributed by atoms with Crippen molar-refractivity contribution in [3.05, 3.63) is 47.3 Å². The number of nitrogens with two attached hydrogens (primary N) is 1. The monoisotopic (exact) mass is 414 g/mol. The molecule has 2 heterocycles. The van der Waals surface area contributed by atoms with Crippen LogP contribution in [0.3, 0.4) is 0 Å². The van der Waals surface area contributed by atoms with E-state index < -0.39 is 23.9 Å². The first-order chi connectivity index (χ1) is 13.9. The fraction of sp³-hybridized carbons (Fsp3) is 0.211. The number of esters is 1. The largest absolute Gasteiger partial charge is 0.448 e. The minimum absolute atomic E-state index is 0.0436. The van der Waals surface area contributed by atoms with E-state index in [0.29, 0.717) is 5.69 Å². The number of hydrogen-bond acceptors (Lipinski definition) is 7. The van der Waals surface area contributed by atoms with Gasteiger partial charge in [-0.05, 0) is 30.5 Å². The molecule has 0 radical (unpaired) electrons. The molecule has 3 rings (SSSR count). The van der Waals surface area contributed by atoms with E-state index in [1.807, 2.05) is 0 Å². The van der Waals surface area contributed by atoms with E-state index in [1.165, 1.54) is 13.0 Å². The van der Waals surface area contributed by atoms with Crippen molar-refractivity contribution in [3.63, 3.8) is 0 Å². The summed E-state index contributed by atoms with van der Waals surface area (Å²) in [5.74, 6) is -2.32. The summed E-state index contributed by atoms with van der Waals surface area (Å²) in [6.45, 7) is 1.40. The lowest BCUT2D eigenvalue weighted by Crippen LogP contribution is -2.37. The van der Waals surface area contributed by atoms with Crippen molar-refractivity contribution in [2.75, 3.05) is 10.3 Å². The highest BCUT2D eigenvalue weighted by Gasteiger charge is 2.29. The molecule has 1 aromatic heterocycles. The lowest BCUT2D eigenvalue weighted by atomic mass is 10.1. The van der Waals surface area contributed by atoms with Gasteiger partial charge < -0.3 is 15.8 Å². The van der Waals surface area contributed by atoms with Crippen molar-refractivity contribution in [3.8, 4) is 0 Å². The fourth-order valence-electron chi connectivity index (χ4n) is 2.57. The van der Waals surface area contributed by atoms with Crippen molar-refractivity contribution in [1.82, 2.24) is 0 Å². The van der Waals surface area contributed by atoms with Crippen LogP contribution < -0.4 is 16.1 Å². The molecule has 0 saturated carbocycles. The maximum absolute atomic E-state index is 12.4. The van der Waals surface area contributed by atoms with Gasteiger partial charge in [-0.2, -0.15) is 5.10 Å². The number of nitrogens with zero attached hydrogens (tertiary/aromatic N) is 2. The van der Waals surface area contributed by atoms with Gasteiger partial charge >= 0.3 is 5.97 Å². The summed E-state index contributed by atoms with van der Waals surface area (Å²) >= 11 is 1.13. The first-order valence-corrected chi connectivity index (χ1v) is 9.59. The summed E-state index contributed by atoms with van der Waals surface area (Å²) in [5.41, 5.74) is 6.00. The van der Waals surface area contributed by atoms with Gasteiger partial charge in [-0.1, -0.05) is 18.2 Å².